The lowest BCUT2D eigenvalue weighted by atomic mass is 10.3. The van der Waals surface area contributed by atoms with Crippen molar-refractivity contribution in [2.45, 2.75) is 6.42 Å². The van der Waals surface area contributed by atoms with Crippen LogP contribution in [0.5, 0.6) is 0 Å². The number of hydrogen-bond donors (Lipinski definition) is 1. The first-order valence-electron chi connectivity index (χ1n) is 2.32. The zero-order valence-electron chi connectivity index (χ0n) is 4.43. The predicted molar refractivity (Wildman–Crippen MR) is 27.0 cm³/mol. The van der Waals surface area contributed by atoms with E-state index in [4.69, 9.17) is 0 Å². The van der Waals surface area contributed by atoms with E-state index in [2.05, 4.69) is 0 Å². The van der Waals surface area contributed by atoms with Crippen molar-refractivity contribution in [2.24, 2.45) is 0 Å². The third kappa shape index (κ3) is 0.876. The topological polar surface area (TPSA) is 63.2 Å². The van der Waals surface area contributed by atoms with Crippen molar-refractivity contribution in [3.8, 4) is 0 Å². The van der Waals surface area contributed by atoms with Gasteiger partial charge >= 0.3 is 0 Å². The Hall–Kier alpha value is -1.41. The fourth-order valence-electron chi connectivity index (χ4n) is 0.570. The highest BCUT2D eigenvalue weighted by molar-refractivity contribution is 6.17. The number of amides is 2. The van der Waals surface area contributed by atoms with E-state index in [0.717, 1.165) is 0 Å². The molecule has 1 rings (SSSR count). The van der Waals surface area contributed by atoms with Crippen LogP contribution < -0.4 is 5.32 Å². The van der Waals surface area contributed by atoms with Crippen LogP contribution in [0.4, 0.5) is 0 Å². The zero-order valence-corrected chi connectivity index (χ0v) is 4.43. The van der Waals surface area contributed by atoms with Crippen LogP contribution in [0.15, 0.2) is 5.57 Å². The van der Waals surface area contributed by atoms with Crippen LogP contribution in [0.1, 0.15) is 6.42 Å². The Morgan fingerprint density at radius 2 is 2.11 bits per heavy atom. The van der Waals surface area contributed by atoms with Gasteiger partial charge in [-0.05, 0) is 0 Å². The molecule has 0 aromatic heterocycles. The maximum absolute atomic E-state index is 10.4. The summed E-state index contributed by atoms with van der Waals surface area (Å²) in [4.78, 5) is 30.5. The molecule has 0 aliphatic carbocycles. The van der Waals surface area contributed by atoms with E-state index in [0.29, 0.717) is 0 Å². The van der Waals surface area contributed by atoms with Gasteiger partial charge in [-0.15, -0.1) is 0 Å². The molecule has 0 spiro atoms. The third-order valence-corrected chi connectivity index (χ3v) is 0.988. The molecular weight excluding hydrogens is 122 g/mol. The lowest BCUT2D eigenvalue weighted by molar-refractivity contribution is -0.124. The van der Waals surface area contributed by atoms with Crippen LogP contribution in [0.3, 0.4) is 0 Å². The first-order chi connectivity index (χ1) is 4.24. The lowest BCUT2D eigenvalue weighted by Gasteiger charge is -1.79. The van der Waals surface area contributed by atoms with E-state index < -0.39 is 11.8 Å². The smallest absolute Gasteiger partial charge is 0.265 e. The second kappa shape index (κ2) is 1.84. The number of carbonyl (C=O) groups is 2. The highest BCUT2D eigenvalue weighted by Crippen LogP contribution is 2.03. The summed E-state index contributed by atoms with van der Waals surface area (Å²) in [5.74, 6) is 0.330. The Morgan fingerprint density at radius 3 is 2.33 bits per heavy atom. The molecule has 0 aromatic carbocycles. The summed E-state index contributed by atoms with van der Waals surface area (Å²) in [5, 5.41) is 1.94. The van der Waals surface area contributed by atoms with Gasteiger partial charge in [0.1, 0.15) is 11.5 Å². The van der Waals surface area contributed by atoms with Crippen molar-refractivity contribution < 1.29 is 14.4 Å². The molecule has 1 heterocycles. The van der Waals surface area contributed by atoms with Crippen molar-refractivity contribution in [1.82, 2.24) is 5.32 Å². The number of nitrogens with one attached hydrogen (secondary N) is 1. The van der Waals surface area contributed by atoms with Gasteiger partial charge in [0.2, 0.25) is 5.91 Å². The summed E-state index contributed by atoms with van der Waals surface area (Å²) in [6.45, 7) is 0. The molecule has 1 N–H and O–H groups in total. The number of hydrogen-bond acceptors (Lipinski definition) is 3. The predicted octanol–water partition coefficient (Wildman–Crippen LogP) is -1.21. The van der Waals surface area contributed by atoms with E-state index in [1.165, 1.54) is 5.94 Å². The molecule has 4 nitrogen and oxygen atoms in total. The summed E-state index contributed by atoms with van der Waals surface area (Å²) in [6, 6.07) is 0. The zero-order chi connectivity index (χ0) is 6.85. The highest BCUT2D eigenvalue weighted by atomic mass is 16.2. The molecule has 2 amide bonds. The van der Waals surface area contributed by atoms with Crippen molar-refractivity contribution in [3.63, 3.8) is 0 Å². The molecule has 9 heavy (non-hydrogen) atoms. The number of imide groups is 1. The second-order valence-electron chi connectivity index (χ2n) is 1.63. The Labute approximate surface area is 50.5 Å². The molecule has 0 bridgehead atoms. The van der Waals surface area contributed by atoms with Crippen LogP contribution in [-0.2, 0) is 14.4 Å². The molecule has 1 aliphatic heterocycles. The summed E-state index contributed by atoms with van der Waals surface area (Å²) in [6.07, 6.45) is -0.123. The standard InChI is InChI=1S/C5H3NO3/c7-2-3-1-4(8)6-5(3)9/h1H2,(H,6,8,9). The Kier molecular flexibility index (Phi) is 1.17. The molecule has 1 aliphatic rings. The molecule has 1 fully saturated rings. The third-order valence-electron chi connectivity index (χ3n) is 0.988. The van der Waals surface area contributed by atoms with E-state index in [-0.39, 0.29) is 12.0 Å². The normalized spacial score (nSPS) is 17.6. The average Bonchev–Trinajstić information content (AvgIpc) is 2.10. The molecular formula is C5H3NO3. The van der Waals surface area contributed by atoms with Gasteiger partial charge in [-0.25, -0.2) is 4.79 Å². The number of rotatable bonds is 0. The number of carbonyl (C=O) groups excluding carboxylic acids is 3. The van der Waals surface area contributed by atoms with Gasteiger partial charge in [0.15, 0.2) is 0 Å². The molecule has 0 unspecified atom stereocenters. The van der Waals surface area contributed by atoms with Crippen molar-refractivity contribution in [1.29, 1.82) is 0 Å². The molecule has 1 saturated heterocycles. The maximum atomic E-state index is 10.4. The molecule has 0 aromatic rings. The van der Waals surface area contributed by atoms with E-state index in [9.17, 15) is 14.4 Å². The lowest BCUT2D eigenvalue weighted by Crippen LogP contribution is -2.19. The fraction of sp³-hybridized carbons (Fsp3) is 0.200. The fourth-order valence-corrected chi connectivity index (χ4v) is 0.570. The van der Waals surface area contributed by atoms with Gasteiger partial charge in [0, 0.05) is 0 Å². The molecule has 46 valence electrons. The van der Waals surface area contributed by atoms with Crippen LogP contribution in [0, 0.1) is 0 Å². The van der Waals surface area contributed by atoms with E-state index in [1.807, 2.05) is 5.32 Å². The molecule has 0 radical (unpaired) electrons. The Morgan fingerprint density at radius 1 is 1.44 bits per heavy atom. The minimum atomic E-state index is -0.616. The average molecular weight is 125 g/mol. The largest absolute Gasteiger partial charge is 0.292 e. The first kappa shape index (κ1) is 5.72. The van der Waals surface area contributed by atoms with Crippen molar-refractivity contribution in [2.75, 3.05) is 0 Å². The molecule has 4 heteroatoms. The monoisotopic (exact) mass is 125 g/mol. The summed E-state index contributed by atoms with van der Waals surface area (Å²) < 4.78 is 0. The van der Waals surface area contributed by atoms with Crippen LogP contribution in [0.2, 0.25) is 0 Å². The summed E-state index contributed by atoms with van der Waals surface area (Å²) >= 11 is 0. The van der Waals surface area contributed by atoms with Gasteiger partial charge < -0.3 is 0 Å². The van der Waals surface area contributed by atoms with Crippen LogP contribution in [0.25, 0.3) is 0 Å². The Balaban J connectivity index is 2.94. The maximum Gasteiger partial charge on any atom is 0.265 e. The minimum absolute atomic E-state index is 0.111. The molecule has 0 atom stereocenters. The van der Waals surface area contributed by atoms with Gasteiger partial charge in [-0.3, -0.25) is 14.9 Å². The van der Waals surface area contributed by atoms with E-state index >= 15 is 0 Å². The van der Waals surface area contributed by atoms with Crippen molar-refractivity contribution >= 4 is 17.8 Å². The van der Waals surface area contributed by atoms with Crippen molar-refractivity contribution in [3.05, 3.63) is 5.57 Å². The van der Waals surface area contributed by atoms with Gasteiger partial charge in [0.25, 0.3) is 5.91 Å². The van der Waals surface area contributed by atoms with Crippen LogP contribution >= 0.6 is 0 Å². The van der Waals surface area contributed by atoms with Crippen LogP contribution in [-0.4, -0.2) is 17.8 Å². The second-order valence-corrected chi connectivity index (χ2v) is 1.63. The summed E-state index contributed by atoms with van der Waals surface area (Å²) in [5.41, 5.74) is -0.111. The SMILES string of the molecule is O=C=C1CC(=O)NC1=O. The minimum Gasteiger partial charge on any atom is -0.292 e. The van der Waals surface area contributed by atoms with Gasteiger partial charge in [0.05, 0.1) is 6.42 Å². The quantitative estimate of drug-likeness (QED) is 0.251. The van der Waals surface area contributed by atoms with E-state index in [1.54, 1.807) is 0 Å². The van der Waals surface area contributed by atoms with Gasteiger partial charge in [-0.1, -0.05) is 0 Å². The van der Waals surface area contributed by atoms with Gasteiger partial charge in [-0.2, -0.15) is 0 Å². The summed E-state index contributed by atoms with van der Waals surface area (Å²) in [7, 11) is 0. The Bertz CT molecular complexity index is 224. The first-order valence-corrected chi connectivity index (χ1v) is 2.32. The highest BCUT2D eigenvalue weighted by Gasteiger charge is 2.24. The molecule has 0 saturated carbocycles.